The molecular formula is C16H25N3O2. The van der Waals surface area contributed by atoms with Gasteiger partial charge in [-0.15, -0.1) is 0 Å². The van der Waals surface area contributed by atoms with Crippen molar-refractivity contribution in [1.82, 2.24) is 15.5 Å². The molecule has 0 radical (unpaired) electrons. The summed E-state index contributed by atoms with van der Waals surface area (Å²) in [5.41, 5.74) is 1.14. The quantitative estimate of drug-likeness (QED) is 0.764. The minimum Gasteiger partial charge on any atom is -0.508 e. The van der Waals surface area contributed by atoms with E-state index in [0.29, 0.717) is 13.1 Å². The summed E-state index contributed by atoms with van der Waals surface area (Å²) in [6.45, 7) is 7.15. The van der Waals surface area contributed by atoms with E-state index in [2.05, 4.69) is 22.5 Å². The minimum atomic E-state index is -0.141. The average molecular weight is 291 g/mol. The van der Waals surface area contributed by atoms with E-state index in [1.54, 1.807) is 12.1 Å². The minimum absolute atomic E-state index is 0.0851. The highest BCUT2D eigenvalue weighted by Crippen LogP contribution is 2.28. The Labute approximate surface area is 126 Å². The lowest BCUT2D eigenvalue weighted by Gasteiger charge is -2.40. The van der Waals surface area contributed by atoms with Crippen LogP contribution in [0.2, 0.25) is 0 Å². The number of carbonyl (C=O) groups excluding carboxylic acids is 1. The first-order chi connectivity index (χ1) is 10.2. The number of amides is 1. The van der Waals surface area contributed by atoms with Gasteiger partial charge in [-0.3, -0.25) is 9.69 Å². The van der Waals surface area contributed by atoms with Crippen LogP contribution >= 0.6 is 0 Å². The first kappa shape index (κ1) is 15.8. The molecule has 0 spiro atoms. The molecule has 1 aliphatic heterocycles. The third-order valence-electron chi connectivity index (χ3n) is 4.00. The van der Waals surface area contributed by atoms with Crippen molar-refractivity contribution in [3.8, 4) is 5.75 Å². The Kier molecular flexibility index (Phi) is 5.59. The topological polar surface area (TPSA) is 64.6 Å². The van der Waals surface area contributed by atoms with Gasteiger partial charge < -0.3 is 15.7 Å². The van der Waals surface area contributed by atoms with Crippen LogP contribution in [0.1, 0.15) is 31.9 Å². The van der Waals surface area contributed by atoms with Gasteiger partial charge in [0.05, 0.1) is 0 Å². The molecule has 21 heavy (non-hydrogen) atoms. The predicted octanol–water partition coefficient (Wildman–Crippen LogP) is 1.25. The molecule has 0 saturated carbocycles. The van der Waals surface area contributed by atoms with Gasteiger partial charge in [0.1, 0.15) is 11.8 Å². The number of phenols is 1. The van der Waals surface area contributed by atoms with Gasteiger partial charge in [-0.1, -0.05) is 19.1 Å². The standard InChI is InChI=1S/C16H25N3O2/c1-3-14(12-5-7-13(20)8-6-12)19-10-9-17-11-15(19)16(21)18-4-2/h5-8,14-15,17,20H,3-4,9-11H2,1-2H3,(H,18,21). The Morgan fingerprint density at radius 2 is 2.14 bits per heavy atom. The van der Waals surface area contributed by atoms with Crippen molar-refractivity contribution >= 4 is 5.91 Å². The molecule has 0 aliphatic carbocycles. The van der Waals surface area contributed by atoms with Crippen LogP contribution in [-0.4, -0.2) is 48.1 Å². The van der Waals surface area contributed by atoms with Crippen molar-refractivity contribution in [2.75, 3.05) is 26.2 Å². The number of aromatic hydroxyl groups is 1. The Hall–Kier alpha value is -1.59. The van der Waals surface area contributed by atoms with Gasteiger partial charge in [0, 0.05) is 32.2 Å². The molecule has 2 atom stereocenters. The summed E-state index contributed by atoms with van der Waals surface area (Å²) in [5.74, 6) is 0.358. The molecule has 1 aromatic carbocycles. The summed E-state index contributed by atoms with van der Waals surface area (Å²) >= 11 is 0. The van der Waals surface area contributed by atoms with Crippen LogP contribution in [0.15, 0.2) is 24.3 Å². The normalized spacial score (nSPS) is 21.0. The van der Waals surface area contributed by atoms with Gasteiger partial charge in [-0.05, 0) is 31.0 Å². The molecule has 2 rings (SSSR count). The van der Waals surface area contributed by atoms with Crippen molar-refractivity contribution in [1.29, 1.82) is 0 Å². The second-order valence-corrected chi connectivity index (χ2v) is 5.37. The molecule has 2 unspecified atom stereocenters. The number of hydrogen-bond acceptors (Lipinski definition) is 4. The largest absolute Gasteiger partial charge is 0.508 e. The van der Waals surface area contributed by atoms with Gasteiger partial charge in [0.25, 0.3) is 0 Å². The highest BCUT2D eigenvalue weighted by Gasteiger charge is 2.33. The molecule has 5 nitrogen and oxygen atoms in total. The molecule has 5 heteroatoms. The Morgan fingerprint density at radius 3 is 2.76 bits per heavy atom. The van der Waals surface area contributed by atoms with Gasteiger partial charge in [0.2, 0.25) is 5.91 Å². The van der Waals surface area contributed by atoms with Gasteiger partial charge >= 0.3 is 0 Å². The maximum Gasteiger partial charge on any atom is 0.238 e. The highest BCUT2D eigenvalue weighted by atomic mass is 16.3. The lowest BCUT2D eigenvalue weighted by Crippen LogP contribution is -2.58. The fourth-order valence-electron chi connectivity index (χ4n) is 2.99. The molecular weight excluding hydrogens is 266 g/mol. The van der Waals surface area contributed by atoms with Crippen LogP contribution in [0.3, 0.4) is 0 Å². The molecule has 1 heterocycles. The molecule has 116 valence electrons. The van der Waals surface area contributed by atoms with E-state index in [1.165, 1.54) is 0 Å². The molecule has 1 aliphatic rings. The van der Waals surface area contributed by atoms with Crippen molar-refractivity contribution in [3.63, 3.8) is 0 Å². The Morgan fingerprint density at radius 1 is 1.43 bits per heavy atom. The summed E-state index contributed by atoms with van der Waals surface area (Å²) in [7, 11) is 0. The van der Waals surface area contributed by atoms with Crippen LogP contribution in [0.4, 0.5) is 0 Å². The number of benzene rings is 1. The van der Waals surface area contributed by atoms with Crippen molar-refractivity contribution < 1.29 is 9.90 Å². The maximum atomic E-state index is 12.3. The maximum absolute atomic E-state index is 12.3. The summed E-state index contributed by atoms with van der Waals surface area (Å²) in [5, 5.41) is 15.7. The van der Waals surface area contributed by atoms with E-state index < -0.39 is 0 Å². The number of nitrogens with zero attached hydrogens (tertiary/aromatic N) is 1. The summed E-state index contributed by atoms with van der Waals surface area (Å²) in [6, 6.07) is 7.36. The number of carbonyl (C=O) groups is 1. The third-order valence-corrected chi connectivity index (χ3v) is 4.00. The third kappa shape index (κ3) is 3.74. The number of piperazine rings is 1. The fourth-order valence-corrected chi connectivity index (χ4v) is 2.99. The van der Waals surface area contributed by atoms with E-state index in [-0.39, 0.29) is 23.7 Å². The Balaban J connectivity index is 2.20. The van der Waals surface area contributed by atoms with Crippen LogP contribution in [-0.2, 0) is 4.79 Å². The van der Waals surface area contributed by atoms with Crippen LogP contribution < -0.4 is 10.6 Å². The average Bonchev–Trinajstić information content (AvgIpc) is 2.50. The highest BCUT2D eigenvalue weighted by molar-refractivity contribution is 5.82. The number of phenolic OH excluding ortho intramolecular Hbond substituents is 1. The molecule has 0 aromatic heterocycles. The van der Waals surface area contributed by atoms with Gasteiger partial charge in [-0.25, -0.2) is 0 Å². The molecule has 1 fully saturated rings. The van der Waals surface area contributed by atoms with E-state index in [1.807, 2.05) is 19.1 Å². The smallest absolute Gasteiger partial charge is 0.238 e. The molecule has 0 bridgehead atoms. The van der Waals surface area contributed by atoms with Crippen molar-refractivity contribution in [3.05, 3.63) is 29.8 Å². The zero-order valence-corrected chi connectivity index (χ0v) is 12.8. The molecule has 1 aromatic rings. The van der Waals surface area contributed by atoms with Crippen LogP contribution in [0.5, 0.6) is 5.75 Å². The lowest BCUT2D eigenvalue weighted by molar-refractivity contribution is -0.128. The summed E-state index contributed by atoms with van der Waals surface area (Å²) in [4.78, 5) is 14.6. The van der Waals surface area contributed by atoms with E-state index in [0.717, 1.165) is 25.1 Å². The zero-order chi connectivity index (χ0) is 15.2. The lowest BCUT2D eigenvalue weighted by atomic mass is 9.99. The second-order valence-electron chi connectivity index (χ2n) is 5.37. The monoisotopic (exact) mass is 291 g/mol. The molecule has 1 amide bonds. The number of likely N-dealkylation sites (N-methyl/N-ethyl adjacent to an activating group) is 1. The number of hydrogen-bond donors (Lipinski definition) is 3. The van der Waals surface area contributed by atoms with Crippen molar-refractivity contribution in [2.24, 2.45) is 0 Å². The van der Waals surface area contributed by atoms with Gasteiger partial charge in [0.15, 0.2) is 0 Å². The summed E-state index contributed by atoms with van der Waals surface area (Å²) < 4.78 is 0. The second kappa shape index (κ2) is 7.43. The van der Waals surface area contributed by atoms with Crippen LogP contribution in [0.25, 0.3) is 0 Å². The van der Waals surface area contributed by atoms with E-state index in [9.17, 15) is 9.90 Å². The number of rotatable bonds is 5. The predicted molar refractivity (Wildman–Crippen MR) is 83.2 cm³/mol. The molecule has 1 saturated heterocycles. The van der Waals surface area contributed by atoms with Gasteiger partial charge in [-0.2, -0.15) is 0 Å². The number of nitrogens with one attached hydrogen (secondary N) is 2. The SMILES string of the molecule is CCNC(=O)C1CNCCN1C(CC)c1ccc(O)cc1. The summed E-state index contributed by atoms with van der Waals surface area (Å²) in [6.07, 6.45) is 0.931. The van der Waals surface area contributed by atoms with Crippen molar-refractivity contribution in [2.45, 2.75) is 32.4 Å². The fraction of sp³-hybridized carbons (Fsp3) is 0.562. The Bertz CT molecular complexity index is 461. The first-order valence-electron chi connectivity index (χ1n) is 7.70. The first-order valence-corrected chi connectivity index (χ1v) is 7.70. The van der Waals surface area contributed by atoms with E-state index >= 15 is 0 Å². The van der Waals surface area contributed by atoms with Crippen LogP contribution in [0, 0.1) is 0 Å². The molecule has 3 N–H and O–H groups in total. The van der Waals surface area contributed by atoms with E-state index in [4.69, 9.17) is 0 Å². The zero-order valence-electron chi connectivity index (χ0n) is 12.8.